The Kier molecular flexibility index (Phi) is 5.75. The van der Waals surface area contributed by atoms with Gasteiger partial charge in [0.2, 0.25) is 0 Å². The highest BCUT2D eigenvalue weighted by Crippen LogP contribution is 2.31. The molecule has 0 radical (unpaired) electrons. The van der Waals surface area contributed by atoms with Crippen LogP contribution in [0, 0.1) is 0 Å². The normalized spacial score (nSPS) is 13.5. The van der Waals surface area contributed by atoms with Gasteiger partial charge >= 0.3 is 5.97 Å². The van der Waals surface area contributed by atoms with Crippen molar-refractivity contribution in [3.05, 3.63) is 100 Å². The molecule has 4 rings (SSSR count). The number of nitrogens with one attached hydrogen (secondary N) is 1. The predicted molar refractivity (Wildman–Crippen MR) is 118 cm³/mol. The number of carbonyl (C=O) groups is 3. The monoisotopic (exact) mass is 452 g/mol. The number of carbonyl (C=O) groups excluding carboxylic acids is 3. The summed E-state index contributed by atoms with van der Waals surface area (Å²) in [6.45, 7) is 0. The van der Waals surface area contributed by atoms with Gasteiger partial charge in [0.05, 0.1) is 11.3 Å². The molecule has 1 N–H and O–H groups in total. The van der Waals surface area contributed by atoms with Crippen LogP contribution in [0.2, 0.25) is 5.02 Å². The van der Waals surface area contributed by atoms with Crippen LogP contribution in [0.3, 0.4) is 0 Å². The van der Waals surface area contributed by atoms with Crippen molar-refractivity contribution in [2.45, 2.75) is 0 Å². The molecule has 2 amide bonds. The van der Waals surface area contributed by atoms with E-state index in [-0.39, 0.29) is 10.7 Å². The Hall–Kier alpha value is -3.61. The number of imide groups is 1. The van der Waals surface area contributed by atoms with E-state index in [9.17, 15) is 14.4 Å². The molecule has 0 saturated heterocycles. The van der Waals surface area contributed by atoms with E-state index in [2.05, 4.69) is 5.32 Å². The third-order valence-electron chi connectivity index (χ3n) is 4.44. The number of para-hydroxylation sites is 1. The van der Waals surface area contributed by atoms with Crippen LogP contribution in [-0.2, 0) is 9.59 Å². The third kappa shape index (κ3) is 4.30. The van der Waals surface area contributed by atoms with Gasteiger partial charge in [-0.3, -0.25) is 9.59 Å². The maximum absolute atomic E-state index is 12.8. The maximum Gasteiger partial charge on any atom is 0.343 e. The first-order chi connectivity index (χ1) is 14.9. The number of hydrogen-bond donors (Lipinski definition) is 1. The van der Waals surface area contributed by atoms with Crippen molar-refractivity contribution in [3.8, 4) is 5.75 Å². The van der Waals surface area contributed by atoms with E-state index in [1.165, 1.54) is 18.2 Å². The minimum atomic E-state index is -0.653. The highest BCUT2D eigenvalue weighted by molar-refractivity contribution is 6.53. The quantitative estimate of drug-likeness (QED) is 0.335. The Balaban J connectivity index is 1.49. The van der Waals surface area contributed by atoms with Crippen molar-refractivity contribution in [2.24, 2.45) is 0 Å². The molecule has 6 nitrogen and oxygen atoms in total. The molecule has 0 aromatic heterocycles. The molecule has 0 unspecified atom stereocenters. The van der Waals surface area contributed by atoms with Gasteiger partial charge in [-0.15, -0.1) is 0 Å². The lowest BCUT2D eigenvalue weighted by molar-refractivity contribution is -0.120. The van der Waals surface area contributed by atoms with Crippen molar-refractivity contribution in [1.82, 2.24) is 0 Å². The number of nitrogens with zero attached hydrogens (tertiary/aromatic N) is 1. The van der Waals surface area contributed by atoms with E-state index in [0.717, 1.165) is 4.90 Å². The first-order valence-electron chi connectivity index (χ1n) is 9.12. The molecule has 0 spiro atoms. The second kappa shape index (κ2) is 8.63. The molecule has 0 bridgehead atoms. The van der Waals surface area contributed by atoms with Gasteiger partial charge in [0, 0.05) is 10.7 Å². The fourth-order valence-electron chi connectivity index (χ4n) is 2.95. The molecule has 0 aliphatic carbocycles. The van der Waals surface area contributed by atoms with Crippen molar-refractivity contribution in [3.63, 3.8) is 0 Å². The number of ether oxygens (including phenoxy) is 1. The summed E-state index contributed by atoms with van der Waals surface area (Å²) in [5.74, 6) is -1.35. The van der Waals surface area contributed by atoms with Gasteiger partial charge in [0.25, 0.3) is 11.8 Å². The maximum atomic E-state index is 12.8. The van der Waals surface area contributed by atoms with E-state index < -0.39 is 17.8 Å². The van der Waals surface area contributed by atoms with Crippen LogP contribution >= 0.6 is 23.2 Å². The molecule has 3 aromatic carbocycles. The lowest BCUT2D eigenvalue weighted by Crippen LogP contribution is -2.32. The van der Waals surface area contributed by atoms with Crippen LogP contribution in [0.1, 0.15) is 10.4 Å². The second-order valence-electron chi connectivity index (χ2n) is 6.52. The lowest BCUT2D eigenvalue weighted by atomic mass is 10.2. The van der Waals surface area contributed by atoms with E-state index in [4.69, 9.17) is 27.9 Å². The number of benzene rings is 3. The SMILES string of the molecule is O=C(Oc1ccccc1)c1ccc(NC2=C(Cl)C(=O)N(c3cccc(Cl)c3)C2=O)cc1. The first kappa shape index (κ1) is 20.7. The van der Waals surface area contributed by atoms with Gasteiger partial charge in [-0.1, -0.05) is 47.5 Å². The number of hydrogen-bond acceptors (Lipinski definition) is 5. The molecular weight excluding hydrogens is 439 g/mol. The molecule has 0 fully saturated rings. The van der Waals surface area contributed by atoms with E-state index >= 15 is 0 Å². The zero-order chi connectivity index (χ0) is 22.0. The molecule has 3 aromatic rings. The van der Waals surface area contributed by atoms with Gasteiger partial charge in [0.15, 0.2) is 0 Å². The van der Waals surface area contributed by atoms with Crippen molar-refractivity contribution in [1.29, 1.82) is 0 Å². The van der Waals surface area contributed by atoms with Crippen molar-refractivity contribution < 1.29 is 19.1 Å². The second-order valence-corrected chi connectivity index (χ2v) is 7.33. The zero-order valence-electron chi connectivity index (χ0n) is 15.8. The summed E-state index contributed by atoms with van der Waals surface area (Å²) < 4.78 is 5.29. The Labute approximate surface area is 187 Å². The topological polar surface area (TPSA) is 75.7 Å². The number of esters is 1. The minimum absolute atomic E-state index is 0.0637. The molecule has 1 aliphatic rings. The standard InChI is InChI=1S/C23H14Cl2N2O4/c24-15-5-4-6-17(13-15)27-21(28)19(25)20(22(27)29)26-16-11-9-14(10-12-16)23(30)31-18-7-2-1-3-8-18/h1-13,26H. The van der Waals surface area contributed by atoms with Crippen molar-refractivity contribution in [2.75, 3.05) is 10.2 Å². The highest BCUT2D eigenvalue weighted by Gasteiger charge is 2.39. The highest BCUT2D eigenvalue weighted by atomic mass is 35.5. The number of amides is 2. The van der Waals surface area contributed by atoms with Crippen LogP contribution < -0.4 is 15.0 Å². The van der Waals surface area contributed by atoms with Crippen LogP contribution in [0.25, 0.3) is 0 Å². The summed E-state index contributed by atoms with van der Waals surface area (Å²) in [4.78, 5) is 38.5. The van der Waals surface area contributed by atoms with Crippen LogP contribution in [-0.4, -0.2) is 17.8 Å². The van der Waals surface area contributed by atoms with E-state index in [1.54, 1.807) is 54.6 Å². The molecular formula is C23H14Cl2N2O4. The summed E-state index contributed by atoms with van der Waals surface area (Å²) in [5.41, 5.74) is 1.05. The van der Waals surface area contributed by atoms with E-state index in [0.29, 0.717) is 27.7 Å². The molecule has 8 heteroatoms. The Bertz CT molecular complexity index is 1210. The largest absolute Gasteiger partial charge is 0.423 e. The average Bonchev–Trinajstić information content (AvgIpc) is 2.98. The Morgan fingerprint density at radius 1 is 0.839 bits per heavy atom. The molecule has 31 heavy (non-hydrogen) atoms. The lowest BCUT2D eigenvalue weighted by Gasteiger charge is -2.15. The molecule has 1 heterocycles. The summed E-state index contributed by atoms with van der Waals surface area (Å²) in [5, 5.41) is 3.00. The van der Waals surface area contributed by atoms with Crippen molar-refractivity contribution >= 4 is 52.4 Å². The van der Waals surface area contributed by atoms with Gasteiger partial charge in [-0.25, -0.2) is 9.69 Å². The van der Waals surface area contributed by atoms with Crippen LogP contribution in [0.5, 0.6) is 5.75 Å². The third-order valence-corrected chi connectivity index (χ3v) is 5.02. The molecule has 154 valence electrons. The summed E-state index contributed by atoms with van der Waals surface area (Å²) in [6.07, 6.45) is 0. The number of halogens is 2. The van der Waals surface area contributed by atoms with Gasteiger partial charge in [0.1, 0.15) is 16.5 Å². The number of anilines is 2. The Morgan fingerprint density at radius 2 is 1.55 bits per heavy atom. The Morgan fingerprint density at radius 3 is 2.23 bits per heavy atom. The fourth-order valence-corrected chi connectivity index (χ4v) is 3.35. The molecule has 0 saturated carbocycles. The average molecular weight is 453 g/mol. The summed E-state index contributed by atoms with van der Waals surface area (Å²) in [7, 11) is 0. The first-order valence-corrected chi connectivity index (χ1v) is 9.88. The van der Waals surface area contributed by atoms with Gasteiger partial charge in [-0.05, 0) is 54.6 Å². The molecule has 1 aliphatic heterocycles. The van der Waals surface area contributed by atoms with Gasteiger partial charge < -0.3 is 10.1 Å². The van der Waals surface area contributed by atoms with Crippen LogP contribution in [0.15, 0.2) is 89.6 Å². The number of rotatable bonds is 5. The predicted octanol–water partition coefficient (Wildman–Crippen LogP) is 4.99. The van der Waals surface area contributed by atoms with Gasteiger partial charge in [-0.2, -0.15) is 0 Å². The summed E-state index contributed by atoms with van der Waals surface area (Å²) >= 11 is 12.1. The smallest absolute Gasteiger partial charge is 0.343 e. The fraction of sp³-hybridized carbons (Fsp3) is 0. The zero-order valence-corrected chi connectivity index (χ0v) is 17.4. The van der Waals surface area contributed by atoms with Crippen LogP contribution in [0.4, 0.5) is 11.4 Å². The molecule has 0 atom stereocenters. The summed E-state index contributed by atoms with van der Waals surface area (Å²) in [6, 6.07) is 21.3. The minimum Gasteiger partial charge on any atom is -0.423 e. The van der Waals surface area contributed by atoms with E-state index in [1.807, 2.05) is 6.07 Å².